The number of nitrogens with zero attached hydrogens (tertiary/aromatic N) is 1. The number of aromatic nitrogens is 1. The van der Waals surface area contributed by atoms with Crippen LogP contribution in [0.4, 0.5) is 0 Å². The smallest absolute Gasteiger partial charge is 0.151 e. The van der Waals surface area contributed by atoms with Gasteiger partial charge in [-0.15, -0.1) is 0 Å². The van der Waals surface area contributed by atoms with Crippen LogP contribution in [0.25, 0.3) is 22.2 Å². The number of rotatable bonds is 1. The fourth-order valence-corrected chi connectivity index (χ4v) is 3.38. The lowest BCUT2D eigenvalue weighted by Crippen LogP contribution is -2.16. The van der Waals surface area contributed by atoms with Gasteiger partial charge < -0.3 is 4.74 Å². The van der Waals surface area contributed by atoms with Crippen LogP contribution < -0.4 is 4.74 Å². The number of pyridine rings is 1. The lowest BCUT2D eigenvalue weighted by atomic mass is 9.92. The molecule has 1 aliphatic heterocycles. The Morgan fingerprint density at radius 1 is 0.750 bits per heavy atom. The third-order valence-electron chi connectivity index (χ3n) is 4.53. The van der Waals surface area contributed by atoms with Gasteiger partial charge >= 0.3 is 0 Å². The van der Waals surface area contributed by atoms with E-state index in [1.807, 2.05) is 48.5 Å². The highest BCUT2D eigenvalue weighted by Gasteiger charge is 2.28. The lowest BCUT2D eigenvalue weighted by Gasteiger charge is -2.28. The Hall–Kier alpha value is -3.13. The van der Waals surface area contributed by atoms with Crippen molar-refractivity contribution >= 4 is 10.9 Å². The molecule has 0 saturated heterocycles. The van der Waals surface area contributed by atoms with Crippen LogP contribution in [-0.4, -0.2) is 4.98 Å². The third kappa shape index (κ3) is 2.00. The number of fused-ring (bicyclic) bond motifs is 4. The summed E-state index contributed by atoms with van der Waals surface area (Å²) in [6, 6.07) is 28.9. The zero-order valence-corrected chi connectivity index (χ0v) is 13.0. The Kier molecular flexibility index (Phi) is 2.89. The van der Waals surface area contributed by atoms with Crippen molar-refractivity contribution in [1.29, 1.82) is 0 Å². The van der Waals surface area contributed by atoms with Gasteiger partial charge in [0.15, 0.2) is 6.10 Å². The molecule has 3 aromatic carbocycles. The summed E-state index contributed by atoms with van der Waals surface area (Å²) >= 11 is 0. The molecule has 114 valence electrons. The number of hydrogen-bond donors (Lipinski definition) is 0. The summed E-state index contributed by atoms with van der Waals surface area (Å²) in [6.07, 6.45) is -0.131. The molecule has 0 aliphatic carbocycles. The van der Waals surface area contributed by atoms with E-state index in [-0.39, 0.29) is 6.10 Å². The van der Waals surface area contributed by atoms with Gasteiger partial charge in [-0.2, -0.15) is 0 Å². The molecule has 0 N–H and O–H groups in total. The average molecular weight is 309 g/mol. The monoisotopic (exact) mass is 309 g/mol. The fourth-order valence-electron chi connectivity index (χ4n) is 3.38. The Morgan fingerprint density at radius 3 is 2.42 bits per heavy atom. The van der Waals surface area contributed by atoms with Crippen molar-refractivity contribution in [2.75, 3.05) is 0 Å². The Bertz CT molecular complexity index is 1040. The summed E-state index contributed by atoms with van der Waals surface area (Å²) in [5, 5.41) is 1.14. The van der Waals surface area contributed by atoms with Crippen molar-refractivity contribution in [3.05, 3.63) is 96.1 Å². The number of ether oxygens (including phenoxy) is 1. The van der Waals surface area contributed by atoms with Crippen molar-refractivity contribution in [1.82, 2.24) is 4.98 Å². The van der Waals surface area contributed by atoms with Gasteiger partial charge in [-0.05, 0) is 29.8 Å². The highest BCUT2D eigenvalue weighted by Crippen LogP contribution is 2.44. The molecule has 0 amide bonds. The van der Waals surface area contributed by atoms with E-state index in [4.69, 9.17) is 9.72 Å². The highest BCUT2D eigenvalue weighted by molar-refractivity contribution is 5.85. The van der Waals surface area contributed by atoms with Gasteiger partial charge in [-0.25, -0.2) is 4.98 Å². The summed E-state index contributed by atoms with van der Waals surface area (Å²) in [4.78, 5) is 4.95. The van der Waals surface area contributed by atoms with Gasteiger partial charge in [-0.1, -0.05) is 60.7 Å². The molecule has 0 spiro atoms. The molecule has 5 rings (SSSR count). The maximum absolute atomic E-state index is 6.35. The first-order valence-corrected chi connectivity index (χ1v) is 8.11. The second-order valence-electron chi connectivity index (χ2n) is 6.02. The molecule has 2 nitrogen and oxygen atoms in total. The topological polar surface area (TPSA) is 22.1 Å². The third-order valence-corrected chi connectivity index (χ3v) is 4.53. The van der Waals surface area contributed by atoms with Crippen LogP contribution in [0.3, 0.4) is 0 Å². The first-order valence-electron chi connectivity index (χ1n) is 8.11. The van der Waals surface area contributed by atoms with Crippen LogP contribution in [0.5, 0.6) is 5.75 Å². The predicted octanol–water partition coefficient (Wildman–Crippen LogP) is 5.38. The van der Waals surface area contributed by atoms with Crippen molar-refractivity contribution in [2.45, 2.75) is 6.10 Å². The van der Waals surface area contributed by atoms with Crippen LogP contribution in [-0.2, 0) is 0 Å². The van der Waals surface area contributed by atoms with Crippen LogP contribution in [0.2, 0.25) is 0 Å². The molecule has 0 fully saturated rings. The molecule has 1 aliphatic rings. The summed E-state index contributed by atoms with van der Waals surface area (Å²) in [5.74, 6) is 0.890. The molecular formula is C22H15NO. The Morgan fingerprint density at radius 2 is 1.50 bits per heavy atom. The molecule has 0 radical (unpaired) electrons. The molecule has 0 bridgehead atoms. The standard InChI is InChI=1S/C22H15NO/c1-2-8-15(9-3-1)22-18-14-16-10-4-6-12-19(16)23-21(18)17-11-5-7-13-20(17)24-22/h1-14,22H/t22-/m0/s1. The second-order valence-corrected chi connectivity index (χ2v) is 6.02. The molecule has 2 heteroatoms. The number of benzene rings is 3. The molecule has 24 heavy (non-hydrogen) atoms. The van der Waals surface area contributed by atoms with Crippen molar-refractivity contribution < 1.29 is 4.74 Å². The van der Waals surface area contributed by atoms with E-state index in [1.165, 1.54) is 0 Å². The molecule has 0 unspecified atom stereocenters. The van der Waals surface area contributed by atoms with Gasteiger partial charge in [0.25, 0.3) is 0 Å². The van der Waals surface area contributed by atoms with Crippen molar-refractivity contribution in [3.8, 4) is 17.0 Å². The Balaban J connectivity index is 1.82. The summed E-state index contributed by atoms with van der Waals surface area (Å²) in [5.41, 5.74) is 5.36. The van der Waals surface area contributed by atoms with Crippen molar-refractivity contribution in [2.24, 2.45) is 0 Å². The summed E-state index contributed by atoms with van der Waals surface area (Å²) < 4.78 is 6.35. The van der Waals surface area contributed by atoms with E-state index in [0.29, 0.717) is 0 Å². The summed E-state index contributed by atoms with van der Waals surface area (Å²) in [7, 11) is 0. The van der Waals surface area contributed by atoms with E-state index in [1.54, 1.807) is 0 Å². The number of hydrogen-bond acceptors (Lipinski definition) is 2. The first-order chi connectivity index (χ1) is 11.9. The van der Waals surface area contributed by atoms with Crippen molar-refractivity contribution in [3.63, 3.8) is 0 Å². The van der Waals surface area contributed by atoms with E-state index >= 15 is 0 Å². The predicted molar refractivity (Wildman–Crippen MR) is 96.1 cm³/mol. The molecule has 1 aromatic heterocycles. The van der Waals surface area contributed by atoms with E-state index < -0.39 is 0 Å². The van der Waals surface area contributed by atoms with Crippen LogP contribution in [0.15, 0.2) is 84.9 Å². The molecule has 4 aromatic rings. The molecule has 0 saturated carbocycles. The average Bonchev–Trinajstić information content (AvgIpc) is 2.66. The maximum atomic E-state index is 6.35. The van der Waals surface area contributed by atoms with E-state index in [2.05, 4.69) is 36.4 Å². The molecule has 1 atom stereocenters. The maximum Gasteiger partial charge on any atom is 0.151 e. The quantitative estimate of drug-likeness (QED) is 0.471. The zero-order valence-electron chi connectivity index (χ0n) is 13.0. The van der Waals surface area contributed by atoms with Crippen LogP contribution >= 0.6 is 0 Å². The minimum Gasteiger partial charge on any atom is -0.480 e. The van der Waals surface area contributed by atoms with Gasteiger partial charge in [0.05, 0.1) is 11.2 Å². The fraction of sp³-hybridized carbons (Fsp3) is 0.0455. The SMILES string of the molecule is c1ccc([C@@H]2Oc3ccccc3-c3nc4ccccc4cc32)cc1. The van der Waals surface area contributed by atoms with E-state index in [9.17, 15) is 0 Å². The molecule has 2 heterocycles. The minimum atomic E-state index is -0.131. The van der Waals surface area contributed by atoms with Crippen LogP contribution in [0, 0.1) is 0 Å². The largest absolute Gasteiger partial charge is 0.480 e. The first kappa shape index (κ1) is 13.3. The highest BCUT2D eigenvalue weighted by atomic mass is 16.5. The second kappa shape index (κ2) is 5.20. The van der Waals surface area contributed by atoms with Gasteiger partial charge in [0.2, 0.25) is 0 Å². The van der Waals surface area contributed by atoms with Gasteiger partial charge in [-0.3, -0.25) is 0 Å². The van der Waals surface area contributed by atoms with E-state index in [0.717, 1.165) is 39.0 Å². The molecular weight excluding hydrogens is 294 g/mol. The van der Waals surface area contributed by atoms with Gasteiger partial charge in [0, 0.05) is 16.5 Å². The zero-order chi connectivity index (χ0) is 15.9. The normalized spacial score (nSPS) is 15.4. The summed E-state index contributed by atoms with van der Waals surface area (Å²) in [6.45, 7) is 0. The lowest BCUT2D eigenvalue weighted by molar-refractivity contribution is 0.243. The van der Waals surface area contributed by atoms with Crippen LogP contribution in [0.1, 0.15) is 17.2 Å². The Labute approximate surface area is 140 Å². The van der Waals surface area contributed by atoms with Gasteiger partial charge in [0.1, 0.15) is 5.75 Å². The minimum absolute atomic E-state index is 0.131. The number of para-hydroxylation sites is 2.